The molecule has 1 fully saturated rings. The van der Waals surface area contributed by atoms with Crippen molar-refractivity contribution >= 4 is 20.0 Å². The van der Waals surface area contributed by atoms with Gasteiger partial charge in [-0.15, -0.1) is 0 Å². The standard InChI is InChI=1S/C7H14N2O2Si/c1-12(2,3)4-5-6(10)9-7(11)8-5/h5H,4H2,1-3H3,(H2,8,9,10,11)/t5-/m0/s1. The van der Waals surface area contributed by atoms with Gasteiger partial charge in [0.1, 0.15) is 6.04 Å². The van der Waals surface area contributed by atoms with E-state index >= 15 is 0 Å². The van der Waals surface area contributed by atoms with E-state index in [0.29, 0.717) is 0 Å². The van der Waals surface area contributed by atoms with Gasteiger partial charge in [0.25, 0.3) is 0 Å². The summed E-state index contributed by atoms with van der Waals surface area (Å²) < 4.78 is 0. The second kappa shape index (κ2) is 2.89. The van der Waals surface area contributed by atoms with Gasteiger partial charge < -0.3 is 5.32 Å². The number of nitrogens with one attached hydrogen (secondary N) is 2. The van der Waals surface area contributed by atoms with Gasteiger partial charge in [0.05, 0.1) is 0 Å². The molecular weight excluding hydrogens is 172 g/mol. The minimum Gasteiger partial charge on any atom is -0.326 e. The van der Waals surface area contributed by atoms with Crippen LogP contribution in [-0.2, 0) is 4.79 Å². The molecule has 0 spiro atoms. The number of urea groups is 1. The lowest BCUT2D eigenvalue weighted by atomic mass is 10.3. The number of hydrogen-bond donors (Lipinski definition) is 2. The van der Waals surface area contributed by atoms with Gasteiger partial charge in [-0.1, -0.05) is 19.6 Å². The van der Waals surface area contributed by atoms with Crippen LogP contribution in [0.2, 0.25) is 25.7 Å². The van der Waals surface area contributed by atoms with Gasteiger partial charge in [0, 0.05) is 8.07 Å². The summed E-state index contributed by atoms with van der Waals surface area (Å²) in [5.74, 6) is -0.178. The molecule has 0 saturated carbocycles. The third-order valence-corrected chi connectivity index (χ3v) is 3.31. The third kappa shape index (κ3) is 2.33. The van der Waals surface area contributed by atoms with E-state index < -0.39 is 8.07 Å². The zero-order valence-electron chi connectivity index (χ0n) is 7.60. The van der Waals surface area contributed by atoms with Crippen LogP contribution in [-0.4, -0.2) is 26.1 Å². The predicted octanol–water partition coefficient (Wildman–Crippen LogP) is 0.533. The van der Waals surface area contributed by atoms with Crippen molar-refractivity contribution in [2.75, 3.05) is 0 Å². The van der Waals surface area contributed by atoms with Crippen LogP contribution < -0.4 is 10.6 Å². The maximum absolute atomic E-state index is 11.1. The maximum Gasteiger partial charge on any atom is 0.322 e. The average molecular weight is 186 g/mol. The highest BCUT2D eigenvalue weighted by Gasteiger charge is 2.33. The zero-order chi connectivity index (χ0) is 9.35. The first-order valence-corrected chi connectivity index (χ1v) is 7.70. The second-order valence-electron chi connectivity index (χ2n) is 4.28. The summed E-state index contributed by atoms with van der Waals surface area (Å²) in [6.45, 7) is 6.51. The van der Waals surface area contributed by atoms with Gasteiger partial charge >= 0.3 is 6.03 Å². The van der Waals surface area contributed by atoms with Gasteiger partial charge in [-0.3, -0.25) is 10.1 Å². The lowest BCUT2D eigenvalue weighted by Gasteiger charge is -2.18. The molecule has 1 atom stereocenters. The van der Waals surface area contributed by atoms with Crippen LogP contribution in [0, 0.1) is 0 Å². The van der Waals surface area contributed by atoms with Crippen molar-refractivity contribution < 1.29 is 9.59 Å². The van der Waals surface area contributed by atoms with Crippen LogP contribution in [0.15, 0.2) is 0 Å². The summed E-state index contributed by atoms with van der Waals surface area (Å²) in [7, 11) is -1.27. The molecule has 1 heterocycles. The van der Waals surface area contributed by atoms with Gasteiger partial charge in [-0.05, 0) is 6.04 Å². The summed E-state index contributed by atoms with van der Waals surface area (Å²) in [6, 6.07) is 0.164. The number of carbonyl (C=O) groups excluding carboxylic acids is 2. The SMILES string of the molecule is C[Si](C)(C)C[C@@H]1NC(=O)NC1=O. The van der Waals surface area contributed by atoms with Gasteiger partial charge in [-0.2, -0.15) is 0 Å². The number of carbonyl (C=O) groups is 2. The van der Waals surface area contributed by atoms with Gasteiger partial charge in [-0.25, -0.2) is 4.79 Å². The minimum absolute atomic E-state index is 0.178. The molecule has 0 aliphatic carbocycles. The predicted molar refractivity (Wildman–Crippen MR) is 48.6 cm³/mol. The van der Waals surface area contributed by atoms with Gasteiger partial charge in [0.15, 0.2) is 0 Å². The molecule has 0 aromatic carbocycles. The molecule has 2 N–H and O–H groups in total. The lowest BCUT2D eigenvalue weighted by Crippen LogP contribution is -2.37. The van der Waals surface area contributed by atoms with Crippen molar-refractivity contribution in [3.8, 4) is 0 Å². The molecule has 1 aliphatic rings. The number of hydrogen-bond acceptors (Lipinski definition) is 2. The van der Waals surface area contributed by atoms with E-state index in [1.165, 1.54) is 0 Å². The summed E-state index contributed by atoms with van der Waals surface area (Å²) in [5.41, 5.74) is 0. The van der Waals surface area contributed by atoms with E-state index in [0.717, 1.165) is 6.04 Å². The Balaban J connectivity index is 2.54. The summed E-state index contributed by atoms with van der Waals surface area (Å²) in [4.78, 5) is 21.8. The average Bonchev–Trinajstić information content (AvgIpc) is 2.06. The molecule has 68 valence electrons. The summed E-state index contributed by atoms with van der Waals surface area (Å²) in [6.07, 6.45) is 0. The first-order valence-electron chi connectivity index (χ1n) is 4.00. The molecule has 4 nitrogen and oxygen atoms in total. The van der Waals surface area contributed by atoms with E-state index in [9.17, 15) is 9.59 Å². The smallest absolute Gasteiger partial charge is 0.322 e. The molecule has 0 aromatic rings. The zero-order valence-corrected chi connectivity index (χ0v) is 8.60. The lowest BCUT2D eigenvalue weighted by molar-refractivity contribution is -0.119. The van der Waals surface area contributed by atoms with Crippen molar-refractivity contribution in [1.82, 2.24) is 10.6 Å². The molecule has 0 bridgehead atoms. The molecular formula is C7H14N2O2Si. The number of amides is 3. The molecule has 0 aromatic heterocycles. The quantitative estimate of drug-likeness (QED) is 0.488. The normalized spacial score (nSPS) is 23.8. The second-order valence-corrected chi connectivity index (χ2v) is 9.81. The van der Waals surface area contributed by atoms with Crippen molar-refractivity contribution in [3.63, 3.8) is 0 Å². The topological polar surface area (TPSA) is 58.2 Å². The fourth-order valence-electron chi connectivity index (χ4n) is 1.21. The molecule has 5 heteroatoms. The monoisotopic (exact) mass is 186 g/mol. The highest BCUT2D eigenvalue weighted by molar-refractivity contribution is 6.76. The maximum atomic E-state index is 11.1. The fourth-order valence-corrected chi connectivity index (χ4v) is 2.73. The summed E-state index contributed by atoms with van der Waals surface area (Å²) >= 11 is 0. The highest BCUT2D eigenvalue weighted by atomic mass is 28.3. The molecule has 1 aliphatic heterocycles. The fraction of sp³-hybridized carbons (Fsp3) is 0.714. The van der Waals surface area contributed by atoms with E-state index in [4.69, 9.17) is 0 Å². The Morgan fingerprint density at radius 3 is 2.25 bits per heavy atom. The number of imide groups is 1. The van der Waals surface area contributed by atoms with Crippen LogP contribution in [0.3, 0.4) is 0 Å². The van der Waals surface area contributed by atoms with E-state index in [1.54, 1.807) is 0 Å². The Labute approximate surface area is 72.7 Å². The van der Waals surface area contributed by atoms with Crippen molar-refractivity contribution in [2.45, 2.75) is 31.7 Å². The van der Waals surface area contributed by atoms with E-state index in [-0.39, 0.29) is 18.0 Å². The molecule has 1 rings (SSSR count). The van der Waals surface area contributed by atoms with Crippen molar-refractivity contribution in [3.05, 3.63) is 0 Å². The molecule has 12 heavy (non-hydrogen) atoms. The Kier molecular flexibility index (Phi) is 2.23. The summed E-state index contributed by atoms with van der Waals surface area (Å²) in [5, 5.41) is 4.82. The van der Waals surface area contributed by atoms with Gasteiger partial charge in [0.2, 0.25) is 5.91 Å². The number of rotatable bonds is 2. The Morgan fingerprint density at radius 2 is 1.92 bits per heavy atom. The van der Waals surface area contributed by atoms with Crippen LogP contribution >= 0.6 is 0 Å². The Hall–Kier alpha value is -0.843. The highest BCUT2D eigenvalue weighted by Crippen LogP contribution is 2.13. The van der Waals surface area contributed by atoms with E-state index in [1.807, 2.05) is 0 Å². The molecule has 3 amide bonds. The first kappa shape index (κ1) is 9.25. The first-order chi connectivity index (χ1) is 5.38. The van der Waals surface area contributed by atoms with Crippen molar-refractivity contribution in [1.29, 1.82) is 0 Å². The molecule has 0 unspecified atom stereocenters. The third-order valence-electron chi connectivity index (χ3n) is 1.68. The van der Waals surface area contributed by atoms with Crippen molar-refractivity contribution in [2.24, 2.45) is 0 Å². The molecule has 1 saturated heterocycles. The van der Waals surface area contributed by atoms with Crippen LogP contribution in [0.1, 0.15) is 0 Å². The largest absolute Gasteiger partial charge is 0.326 e. The molecule has 0 radical (unpaired) electrons. The van der Waals surface area contributed by atoms with Crippen LogP contribution in [0.4, 0.5) is 4.79 Å². The van der Waals surface area contributed by atoms with Crippen LogP contribution in [0.25, 0.3) is 0 Å². The van der Waals surface area contributed by atoms with Crippen LogP contribution in [0.5, 0.6) is 0 Å². The minimum atomic E-state index is -1.27. The Bertz CT molecular complexity index is 222. The Morgan fingerprint density at radius 1 is 1.33 bits per heavy atom. The van der Waals surface area contributed by atoms with E-state index in [2.05, 4.69) is 30.3 Å².